The SMILES string of the molecule is CC(=O)C(C=NC(N)=O)=C(C)O. The third-order valence-corrected chi connectivity index (χ3v) is 1.09. The molecule has 0 aromatic rings. The molecule has 5 nitrogen and oxygen atoms in total. The summed E-state index contributed by atoms with van der Waals surface area (Å²) < 4.78 is 0. The Morgan fingerprint density at radius 2 is 1.92 bits per heavy atom. The number of allylic oxidation sites excluding steroid dienone is 2. The summed E-state index contributed by atoms with van der Waals surface area (Å²) in [5, 5.41) is 8.91. The minimum atomic E-state index is -0.907. The molecule has 0 fully saturated rings. The quantitative estimate of drug-likeness (QED) is 0.360. The smallest absolute Gasteiger partial charge is 0.338 e. The van der Waals surface area contributed by atoms with Crippen LogP contribution in [0.15, 0.2) is 16.3 Å². The molecule has 0 aliphatic rings. The van der Waals surface area contributed by atoms with Gasteiger partial charge in [0, 0.05) is 6.21 Å². The van der Waals surface area contributed by atoms with Crippen molar-refractivity contribution in [3.05, 3.63) is 11.3 Å². The van der Waals surface area contributed by atoms with Gasteiger partial charge in [0.15, 0.2) is 5.78 Å². The number of nitrogens with two attached hydrogens (primary N) is 1. The number of aliphatic hydroxyl groups is 1. The molecule has 0 aromatic heterocycles. The maximum atomic E-state index is 10.7. The topological polar surface area (TPSA) is 92.8 Å². The Labute approximate surface area is 69.6 Å². The van der Waals surface area contributed by atoms with Crippen molar-refractivity contribution in [3.63, 3.8) is 0 Å². The molecule has 0 saturated heterocycles. The average Bonchev–Trinajstić information content (AvgIpc) is 1.84. The number of carbonyl (C=O) groups is 2. The Morgan fingerprint density at radius 3 is 2.17 bits per heavy atom. The number of carbonyl (C=O) groups excluding carboxylic acids is 2. The molecule has 0 bridgehead atoms. The van der Waals surface area contributed by atoms with E-state index >= 15 is 0 Å². The summed E-state index contributed by atoms with van der Waals surface area (Å²) >= 11 is 0. The number of aliphatic hydroxyl groups excluding tert-OH is 1. The van der Waals surface area contributed by atoms with E-state index in [4.69, 9.17) is 5.11 Å². The van der Waals surface area contributed by atoms with Gasteiger partial charge >= 0.3 is 6.03 Å². The Morgan fingerprint density at radius 1 is 1.42 bits per heavy atom. The molecule has 3 N–H and O–H groups in total. The average molecular weight is 170 g/mol. The first-order valence-corrected chi connectivity index (χ1v) is 3.19. The van der Waals surface area contributed by atoms with Gasteiger partial charge in [0.05, 0.1) is 5.57 Å². The molecule has 5 heteroatoms. The van der Waals surface area contributed by atoms with E-state index in [1.807, 2.05) is 0 Å². The molecule has 0 unspecified atom stereocenters. The van der Waals surface area contributed by atoms with Crippen molar-refractivity contribution in [3.8, 4) is 0 Å². The summed E-state index contributed by atoms with van der Waals surface area (Å²) in [6.07, 6.45) is 0.944. The molecular weight excluding hydrogens is 160 g/mol. The molecule has 0 rings (SSSR count). The molecule has 66 valence electrons. The fourth-order valence-corrected chi connectivity index (χ4v) is 0.567. The van der Waals surface area contributed by atoms with E-state index in [9.17, 15) is 9.59 Å². The largest absolute Gasteiger partial charge is 0.512 e. The summed E-state index contributed by atoms with van der Waals surface area (Å²) in [7, 11) is 0. The number of aliphatic imine (C=N–C) groups is 1. The summed E-state index contributed by atoms with van der Waals surface area (Å²) in [4.78, 5) is 24.0. The maximum Gasteiger partial charge on any atom is 0.338 e. The van der Waals surface area contributed by atoms with Gasteiger partial charge < -0.3 is 10.8 Å². The van der Waals surface area contributed by atoms with Crippen LogP contribution >= 0.6 is 0 Å². The summed E-state index contributed by atoms with van der Waals surface area (Å²) in [5.74, 6) is -0.562. The number of urea groups is 1. The number of nitrogens with zero attached hydrogens (tertiary/aromatic N) is 1. The molecule has 0 aliphatic heterocycles. The number of amides is 2. The molecule has 0 saturated carbocycles. The second-order valence-electron chi connectivity index (χ2n) is 2.15. The molecule has 0 aromatic carbocycles. The predicted octanol–water partition coefficient (Wildman–Crippen LogP) is 0.557. The lowest BCUT2D eigenvalue weighted by molar-refractivity contribution is -0.113. The maximum absolute atomic E-state index is 10.7. The Hall–Kier alpha value is -1.65. The third-order valence-electron chi connectivity index (χ3n) is 1.09. The highest BCUT2D eigenvalue weighted by Gasteiger charge is 2.04. The number of hydrogen-bond donors (Lipinski definition) is 2. The second-order valence-corrected chi connectivity index (χ2v) is 2.15. The number of primary amides is 1. The van der Waals surface area contributed by atoms with Crippen LogP contribution in [0.5, 0.6) is 0 Å². The van der Waals surface area contributed by atoms with E-state index in [1.165, 1.54) is 13.8 Å². The van der Waals surface area contributed by atoms with Gasteiger partial charge in [-0.15, -0.1) is 0 Å². The lowest BCUT2D eigenvalue weighted by Crippen LogP contribution is -2.07. The summed E-state index contributed by atoms with van der Waals surface area (Å²) in [6.45, 7) is 2.58. The number of Topliss-reactive ketones (excluding diaryl/α,β-unsaturated/α-hetero) is 1. The fourth-order valence-electron chi connectivity index (χ4n) is 0.567. The van der Waals surface area contributed by atoms with Crippen LogP contribution < -0.4 is 5.73 Å². The van der Waals surface area contributed by atoms with E-state index in [0.29, 0.717) is 0 Å². The van der Waals surface area contributed by atoms with Crippen molar-refractivity contribution >= 4 is 18.0 Å². The first-order valence-electron chi connectivity index (χ1n) is 3.19. The molecule has 0 atom stereocenters. The number of ketones is 1. The highest BCUT2D eigenvalue weighted by molar-refractivity contribution is 6.14. The summed E-state index contributed by atoms with van der Waals surface area (Å²) in [5.41, 5.74) is 4.67. The van der Waals surface area contributed by atoms with E-state index in [0.717, 1.165) is 6.21 Å². The van der Waals surface area contributed by atoms with Gasteiger partial charge in [-0.25, -0.2) is 9.79 Å². The van der Waals surface area contributed by atoms with Crippen LogP contribution in [-0.4, -0.2) is 23.1 Å². The van der Waals surface area contributed by atoms with Crippen molar-refractivity contribution in [2.75, 3.05) is 0 Å². The van der Waals surface area contributed by atoms with E-state index in [-0.39, 0.29) is 17.1 Å². The van der Waals surface area contributed by atoms with Crippen molar-refractivity contribution in [1.82, 2.24) is 0 Å². The van der Waals surface area contributed by atoms with Crippen molar-refractivity contribution in [1.29, 1.82) is 0 Å². The van der Waals surface area contributed by atoms with Crippen LogP contribution in [0.25, 0.3) is 0 Å². The van der Waals surface area contributed by atoms with Crippen molar-refractivity contribution in [2.45, 2.75) is 13.8 Å². The van der Waals surface area contributed by atoms with Crippen LogP contribution in [0.2, 0.25) is 0 Å². The number of hydrogen-bond acceptors (Lipinski definition) is 3. The van der Waals surface area contributed by atoms with Gasteiger partial charge in [0.1, 0.15) is 5.76 Å². The zero-order chi connectivity index (χ0) is 9.72. The van der Waals surface area contributed by atoms with Crippen LogP contribution in [0.3, 0.4) is 0 Å². The normalized spacial score (nSPS) is 12.8. The number of rotatable bonds is 2. The lowest BCUT2D eigenvalue weighted by atomic mass is 10.2. The van der Waals surface area contributed by atoms with Gasteiger partial charge in [0.25, 0.3) is 0 Å². The van der Waals surface area contributed by atoms with E-state index in [2.05, 4.69) is 10.7 Å². The Bertz CT molecular complexity index is 262. The first-order chi connectivity index (χ1) is 5.45. The highest BCUT2D eigenvalue weighted by Crippen LogP contribution is 1.98. The fraction of sp³-hybridized carbons (Fsp3) is 0.286. The van der Waals surface area contributed by atoms with Crippen LogP contribution in [-0.2, 0) is 4.79 Å². The highest BCUT2D eigenvalue weighted by atomic mass is 16.3. The molecule has 12 heavy (non-hydrogen) atoms. The van der Waals surface area contributed by atoms with Gasteiger partial charge in [-0.1, -0.05) is 0 Å². The monoisotopic (exact) mass is 170 g/mol. The molecule has 0 radical (unpaired) electrons. The van der Waals surface area contributed by atoms with Crippen LogP contribution in [0.4, 0.5) is 4.79 Å². The Balaban J connectivity index is 4.70. The minimum absolute atomic E-state index is 0.0196. The standard InChI is InChI=1S/C7H10N2O3/c1-4(10)6(5(2)11)3-9-7(8)12/h3,10H,1-2H3,(H2,8,12). The van der Waals surface area contributed by atoms with Crippen LogP contribution in [0, 0.1) is 0 Å². The molecule has 0 spiro atoms. The first kappa shape index (κ1) is 10.3. The predicted molar refractivity (Wildman–Crippen MR) is 44.1 cm³/mol. The van der Waals surface area contributed by atoms with Gasteiger partial charge in [-0.2, -0.15) is 0 Å². The van der Waals surface area contributed by atoms with Gasteiger partial charge in [-0.05, 0) is 13.8 Å². The zero-order valence-corrected chi connectivity index (χ0v) is 6.87. The molecular formula is C7H10N2O3. The molecule has 0 aliphatic carbocycles. The van der Waals surface area contributed by atoms with E-state index in [1.54, 1.807) is 0 Å². The second kappa shape index (κ2) is 4.27. The van der Waals surface area contributed by atoms with Gasteiger partial charge in [0.2, 0.25) is 0 Å². The summed E-state index contributed by atoms with van der Waals surface area (Å²) in [6, 6.07) is -0.907. The van der Waals surface area contributed by atoms with Crippen LogP contribution in [0.1, 0.15) is 13.8 Å². The van der Waals surface area contributed by atoms with Crippen molar-refractivity contribution in [2.24, 2.45) is 10.7 Å². The minimum Gasteiger partial charge on any atom is -0.512 e. The lowest BCUT2D eigenvalue weighted by Gasteiger charge is -1.95. The zero-order valence-electron chi connectivity index (χ0n) is 6.87. The van der Waals surface area contributed by atoms with E-state index < -0.39 is 6.03 Å². The van der Waals surface area contributed by atoms with Crippen molar-refractivity contribution < 1.29 is 14.7 Å². The Kier molecular flexibility index (Phi) is 3.69. The third kappa shape index (κ3) is 3.50. The van der Waals surface area contributed by atoms with Gasteiger partial charge in [-0.3, -0.25) is 4.79 Å². The molecule has 2 amide bonds. The molecule has 0 heterocycles.